The summed E-state index contributed by atoms with van der Waals surface area (Å²) in [4.78, 5) is 0. The molecule has 0 amide bonds. The van der Waals surface area contributed by atoms with Crippen molar-refractivity contribution in [2.24, 2.45) is 0 Å². The van der Waals surface area contributed by atoms with Crippen molar-refractivity contribution < 1.29 is 4.39 Å². The van der Waals surface area contributed by atoms with Gasteiger partial charge in [0.05, 0.1) is 0 Å². The van der Waals surface area contributed by atoms with Gasteiger partial charge in [0.15, 0.2) is 0 Å². The van der Waals surface area contributed by atoms with Gasteiger partial charge < -0.3 is 5.32 Å². The zero-order valence-corrected chi connectivity index (χ0v) is 12.2. The van der Waals surface area contributed by atoms with E-state index in [0.29, 0.717) is 0 Å². The normalized spacial score (nSPS) is 10.8. The molecule has 1 aromatic rings. The SMILES string of the molecule is Fc1ccc(CNCCCCCCCl)c(Br)c1. The molecule has 1 rings (SSSR count). The van der Waals surface area contributed by atoms with Gasteiger partial charge in [0.25, 0.3) is 0 Å². The fraction of sp³-hybridized carbons (Fsp3) is 0.538. The number of hydrogen-bond acceptors (Lipinski definition) is 1. The third kappa shape index (κ3) is 6.39. The first-order valence-corrected chi connectivity index (χ1v) is 7.27. The molecule has 1 nitrogen and oxygen atoms in total. The van der Waals surface area contributed by atoms with Crippen LogP contribution >= 0.6 is 27.5 Å². The van der Waals surface area contributed by atoms with Gasteiger partial charge in [0, 0.05) is 16.9 Å². The number of unbranched alkanes of at least 4 members (excludes halogenated alkanes) is 3. The lowest BCUT2D eigenvalue weighted by molar-refractivity contribution is 0.595. The molecule has 0 radical (unpaired) electrons. The predicted octanol–water partition coefficient (Wildman–Crippen LogP) is 4.48. The average molecular weight is 323 g/mol. The minimum absolute atomic E-state index is 0.207. The molecular formula is C13H18BrClFN. The Morgan fingerprint density at radius 2 is 1.94 bits per heavy atom. The van der Waals surface area contributed by atoms with Crippen LogP contribution in [0.4, 0.5) is 4.39 Å². The van der Waals surface area contributed by atoms with Crippen molar-refractivity contribution in [1.82, 2.24) is 5.32 Å². The standard InChI is InChI=1S/C13H18BrClFN/c14-13-9-12(16)6-5-11(13)10-17-8-4-2-1-3-7-15/h5-6,9,17H,1-4,7-8,10H2. The van der Waals surface area contributed by atoms with Gasteiger partial charge in [0.2, 0.25) is 0 Å². The molecule has 0 atom stereocenters. The van der Waals surface area contributed by atoms with E-state index in [-0.39, 0.29) is 5.82 Å². The van der Waals surface area contributed by atoms with E-state index in [1.165, 1.54) is 25.0 Å². The van der Waals surface area contributed by atoms with Crippen LogP contribution in [-0.4, -0.2) is 12.4 Å². The number of rotatable bonds is 8. The van der Waals surface area contributed by atoms with Crippen LogP contribution in [0.2, 0.25) is 0 Å². The molecule has 0 bridgehead atoms. The molecule has 1 N–H and O–H groups in total. The first-order chi connectivity index (χ1) is 8.24. The van der Waals surface area contributed by atoms with Gasteiger partial charge in [0.1, 0.15) is 5.82 Å². The van der Waals surface area contributed by atoms with Gasteiger partial charge in [-0.25, -0.2) is 4.39 Å². The second kappa shape index (κ2) is 8.90. The van der Waals surface area contributed by atoms with Crippen LogP contribution in [0.5, 0.6) is 0 Å². The Labute approximate surface area is 116 Å². The lowest BCUT2D eigenvalue weighted by Crippen LogP contribution is -2.15. The molecule has 0 aliphatic heterocycles. The van der Waals surface area contributed by atoms with Crippen molar-refractivity contribution in [2.75, 3.05) is 12.4 Å². The minimum atomic E-state index is -0.207. The average Bonchev–Trinajstić information content (AvgIpc) is 2.30. The third-order valence-corrected chi connectivity index (χ3v) is 3.57. The van der Waals surface area contributed by atoms with Gasteiger partial charge in [-0.05, 0) is 37.1 Å². The summed E-state index contributed by atoms with van der Waals surface area (Å²) in [5, 5.41) is 3.35. The highest BCUT2D eigenvalue weighted by molar-refractivity contribution is 9.10. The summed E-state index contributed by atoms with van der Waals surface area (Å²) in [6.45, 7) is 1.77. The Balaban J connectivity index is 2.14. The van der Waals surface area contributed by atoms with E-state index in [1.807, 2.05) is 0 Å². The first kappa shape index (κ1) is 14.9. The van der Waals surface area contributed by atoms with Gasteiger partial charge in [-0.15, -0.1) is 11.6 Å². The maximum absolute atomic E-state index is 12.8. The summed E-state index contributed by atoms with van der Waals surface area (Å²) in [5.41, 5.74) is 1.09. The summed E-state index contributed by atoms with van der Waals surface area (Å²) in [5.74, 6) is 0.553. The van der Waals surface area contributed by atoms with Crippen LogP contribution in [0.1, 0.15) is 31.2 Å². The van der Waals surface area contributed by atoms with Crippen molar-refractivity contribution >= 4 is 27.5 Å². The minimum Gasteiger partial charge on any atom is -0.313 e. The van der Waals surface area contributed by atoms with E-state index < -0.39 is 0 Å². The molecule has 0 aromatic heterocycles. The Morgan fingerprint density at radius 1 is 1.18 bits per heavy atom. The lowest BCUT2D eigenvalue weighted by atomic mass is 10.2. The highest BCUT2D eigenvalue weighted by Gasteiger charge is 2.00. The Hall–Kier alpha value is -0.120. The van der Waals surface area contributed by atoms with Crippen LogP contribution in [-0.2, 0) is 6.54 Å². The van der Waals surface area contributed by atoms with E-state index in [0.717, 1.165) is 41.8 Å². The van der Waals surface area contributed by atoms with Crippen LogP contribution in [0.3, 0.4) is 0 Å². The van der Waals surface area contributed by atoms with Crippen molar-refractivity contribution in [3.8, 4) is 0 Å². The molecule has 17 heavy (non-hydrogen) atoms. The molecule has 0 unspecified atom stereocenters. The Morgan fingerprint density at radius 3 is 2.65 bits per heavy atom. The summed E-state index contributed by atoms with van der Waals surface area (Å²) in [7, 11) is 0. The monoisotopic (exact) mass is 321 g/mol. The van der Waals surface area contributed by atoms with Crippen molar-refractivity contribution in [3.63, 3.8) is 0 Å². The lowest BCUT2D eigenvalue weighted by Gasteiger charge is -2.06. The zero-order valence-electron chi connectivity index (χ0n) is 9.82. The van der Waals surface area contributed by atoms with Crippen molar-refractivity contribution in [3.05, 3.63) is 34.1 Å². The molecule has 0 saturated heterocycles. The maximum atomic E-state index is 12.8. The van der Waals surface area contributed by atoms with E-state index in [9.17, 15) is 4.39 Å². The fourth-order valence-electron chi connectivity index (χ4n) is 1.59. The second-order valence-corrected chi connectivity index (χ2v) is 5.25. The molecule has 0 saturated carbocycles. The fourth-order valence-corrected chi connectivity index (χ4v) is 2.27. The Bertz CT molecular complexity index is 333. The van der Waals surface area contributed by atoms with Gasteiger partial charge in [-0.1, -0.05) is 34.8 Å². The first-order valence-electron chi connectivity index (χ1n) is 5.94. The van der Waals surface area contributed by atoms with E-state index in [2.05, 4.69) is 21.2 Å². The van der Waals surface area contributed by atoms with E-state index in [4.69, 9.17) is 11.6 Å². The molecule has 96 valence electrons. The number of hydrogen-bond donors (Lipinski definition) is 1. The molecular weight excluding hydrogens is 305 g/mol. The van der Waals surface area contributed by atoms with E-state index in [1.54, 1.807) is 6.07 Å². The van der Waals surface area contributed by atoms with Gasteiger partial charge in [-0.3, -0.25) is 0 Å². The molecule has 1 aromatic carbocycles. The van der Waals surface area contributed by atoms with Crippen LogP contribution in [0, 0.1) is 5.82 Å². The summed E-state index contributed by atoms with van der Waals surface area (Å²) in [6, 6.07) is 4.79. The quantitative estimate of drug-likeness (QED) is 0.550. The zero-order chi connectivity index (χ0) is 12.5. The molecule has 0 aliphatic rings. The highest BCUT2D eigenvalue weighted by atomic mass is 79.9. The van der Waals surface area contributed by atoms with E-state index >= 15 is 0 Å². The molecule has 0 fully saturated rings. The van der Waals surface area contributed by atoms with Crippen LogP contribution < -0.4 is 5.32 Å². The smallest absolute Gasteiger partial charge is 0.124 e. The number of benzene rings is 1. The summed E-state index contributed by atoms with van der Waals surface area (Å²) < 4.78 is 13.7. The van der Waals surface area contributed by atoms with Crippen LogP contribution in [0.25, 0.3) is 0 Å². The molecule has 0 heterocycles. The predicted molar refractivity (Wildman–Crippen MR) is 75.0 cm³/mol. The van der Waals surface area contributed by atoms with Crippen molar-refractivity contribution in [2.45, 2.75) is 32.2 Å². The van der Waals surface area contributed by atoms with Gasteiger partial charge >= 0.3 is 0 Å². The summed E-state index contributed by atoms with van der Waals surface area (Å²) in [6.07, 6.45) is 4.68. The third-order valence-electron chi connectivity index (χ3n) is 2.57. The number of nitrogens with one attached hydrogen (secondary N) is 1. The van der Waals surface area contributed by atoms with Crippen molar-refractivity contribution in [1.29, 1.82) is 0 Å². The number of halogens is 3. The van der Waals surface area contributed by atoms with Gasteiger partial charge in [-0.2, -0.15) is 0 Å². The largest absolute Gasteiger partial charge is 0.313 e. The number of alkyl halides is 1. The molecule has 0 spiro atoms. The summed E-state index contributed by atoms with van der Waals surface area (Å²) >= 11 is 8.96. The highest BCUT2D eigenvalue weighted by Crippen LogP contribution is 2.17. The molecule has 4 heteroatoms. The van der Waals surface area contributed by atoms with Crippen LogP contribution in [0.15, 0.2) is 22.7 Å². The maximum Gasteiger partial charge on any atom is 0.124 e. The Kier molecular flexibility index (Phi) is 7.82. The second-order valence-electron chi connectivity index (χ2n) is 4.02. The molecule has 0 aliphatic carbocycles. The topological polar surface area (TPSA) is 12.0 Å².